The number of amidine groups is 1. The van der Waals surface area contributed by atoms with Crippen molar-refractivity contribution in [3.63, 3.8) is 0 Å². The largest absolute Gasteiger partial charge is 0.377 e. The van der Waals surface area contributed by atoms with Crippen molar-refractivity contribution in [1.82, 2.24) is 4.98 Å². The van der Waals surface area contributed by atoms with Gasteiger partial charge in [-0.05, 0) is 12.3 Å². The summed E-state index contributed by atoms with van der Waals surface area (Å²) in [4.78, 5) is 3.93. The highest BCUT2D eigenvalue weighted by molar-refractivity contribution is 8.13. The van der Waals surface area contributed by atoms with Gasteiger partial charge in [0, 0.05) is 18.0 Å². The molecular formula is C8H10N4S. The summed E-state index contributed by atoms with van der Waals surface area (Å²) < 4.78 is 0. The smallest absolute Gasteiger partial charge is 0.180 e. The summed E-state index contributed by atoms with van der Waals surface area (Å²) >= 11 is 1.36. The molecule has 1 heterocycles. The average Bonchev–Trinajstić information content (AvgIpc) is 2.19. The highest BCUT2D eigenvalue weighted by Gasteiger charge is 1.85. The third-order valence-corrected chi connectivity index (χ3v) is 1.76. The minimum absolute atomic E-state index is 0.445. The third-order valence-electron chi connectivity index (χ3n) is 1.26. The number of pyridine rings is 1. The normalized spacial score (nSPS) is 12.2. The topological polar surface area (TPSA) is 63.6 Å². The van der Waals surface area contributed by atoms with Crippen LogP contribution in [-0.4, -0.2) is 22.6 Å². The fourth-order valence-corrected chi connectivity index (χ4v) is 0.774. The van der Waals surface area contributed by atoms with Crippen LogP contribution >= 0.6 is 11.8 Å². The number of hydrogen-bond donors (Lipinski definition) is 1. The first-order valence-electron chi connectivity index (χ1n) is 3.63. The van der Waals surface area contributed by atoms with Gasteiger partial charge in [0.25, 0.3) is 0 Å². The molecule has 0 aliphatic heterocycles. The van der Waals surface area contributed by atoms with Crippen LogP contribution in [0.1, 0.15) is 5.56 Å². The lowest BCUT2D eigenvalue weighted by molar-refractivity contribution is 1.24. The lowest BCUT2D eigenvalue weighted by Gasteiger charge is -1.89. The van der Waals surface area contributed by atoms with Gasteiger partial charge >= 0.3 is 0 Å². The van der Waals surface area contributed by atoms with Gasteiger partial charge < -0.3 is 5.73 Å². The molecule has 1 rings (SSSR count). The predicted octanol–water partition coefficient (Wildman–Crippen LogP) is 1.09. The van der Waals surface area contributed by atoms with Gasteiger partial charge in [-0.2, -0.15) is 5.10 Å². The van der Waals surface area contributed by atoms with Crippen molar-refractivity contribution in [2.24, 2.45) is 15.9 Å². The fraction of sp³-hybridized carbons (Fsp3) is 0.125. The minimum atomic E-state index is 0.445. The van der Waals surface area contributed by atoms with Gasteiger partial charge in [0.1, 0.15) is 0 Å². The molecule has 1 aromatic rings. The van der Waals surface area contributed by atoms with E-state index >= 15 is 0 Å². The molecule has 0 spiro atoms. The molecule has 0 unspecified atom stereocenters. The first kappa shape index (κ1) is 9.73. The molecule has 0 amide bonds. The number of aromatic nitrogens is 1. The van der Waals surface area contributed by atoms with Crippen LogP contribution in [0.25, 0.3) is 0 Å². The molecule has 2 N–H and O–H groups in total. The molecule has 0 atom stereocenters. The highest BCUT2D eigenvalue weighted by atomic mass is 32.2. The Labute approximate surface area is 81.0 Å². The summed E-state index contributed by atoms with van der Waals surface area (Å²) in [5, 5.41) is 7.97. The summed E-state index contributed by atoms with van der Waals surface area (Å²) in [6, 6.07) is 3.73. The highest BCUT2D eigenvalue weighted by Crippen LogP contribution is 1.93. The monoisotopic (exact) mass is 194 g/mol. The van der Waals surface area contributed by atoms with Crippen molar-refractivity contribution in [2.75, 3.05) is 6.26 Å². The average molecular weight is 194 g/mol. The lowest BCUT2D eigenvalue weighted by Crippen LogP contribution is -2.03. The number of rotatable bonds is 2. The van der Waals surface area contributed by atoms with Crippen LogP contribution < -0.4 is 5.73 Å². The van der Waals surface area contributed by atoms with Crippen LogP contribution in [-0.2, 0) is 0 Å². The van der Waals surface area contributed by atoms with E-state index in [1.54, 1.807) is 18.6 Å². The van der Waals surface area contributed by atoms with Gasteiger partial charge in [0.15, 0.2) is 5.17 Å². The zero-order valence-electron chi connectivity index (χ0n) is 7.21. The summed E-state index contributed by atoms with van der Waals surface area (Å²) in [6.07, 6.45) is 6.86. The summed E-state index contributed by atoms with van der Waals surface area (Å²) in [7, 11) is 0. The predicted molar refractivity (Wildman–Crippen MR) is 57.0 cm³/mol. The van der Waals surface area contributed by atoms with E-state index in [1.165, 1.54) is 11.8 Å². The maximum atomic E-state index is 5.42. The second-order valence-corrected chi connectivity index (χ2v) is 3.00. The molecule has 0 aliphatic rings. The first-order chi connectivity index (χ1) is 6.33. The number of thioether (sulfide) groups is 1. The van der Waals surface area contributed by atoms with Gasteiger partial charge in [-0.3, -0.25) is 4.98 Å². The number of hydrogen-bond acceptors (Lipinski definition) is 4. The third kappa shape index (κ3) is 3.71. The van der Waals surface area contributed by atoms with E-state index in [0.29, 0.717) is 5.17 Å². The van der Waals surface area contributed by atoms with E-state index in [0.717, 1.165) is 5.56 Å². The Morgan fingerprint density at radius 3 is 3.15 bits per heavy atom. The molecule has 0 aromatic carbocycles. The van der Waals surface area contributed by atoms with Gasteiger partial charge in [-0.25, -0.2) is 0 Å². The Balaban J connectivity index is 2.60. The molecule has 0 saturated heterocycles. The maximum absolute atomic E-state index is 5.42. The molecule has 1 aromatic heterocycles. The quantitative estimate of drug-likeness (QED) is 0.435. The maximum Gasteiger partial charge on any atom is 0.180 e. The van der Waals surface area contributed by atoms with Gasteiger partial charge in [-0.1, -0.05) is 17.8 Å². The Bertz CT molecular complexity index is 307. The molecule has 5 heteroatoms. The van der Waals surface area contributed by atoms with E-state index in [-0.39, 0.29) is 0 Å². The number of nitrogens with zero attached hydrogens (tertiary/aromatic N) is 3. The fourth-order valence-electron chi connectivity index (χ4n) is 0.646. The van der Waals surface area contributed by atoms with Gasteiger partial charge in [0.2, 0.25) is 0 Å². The van der Waals surface area contributed by atoms with Crippen molar-refractivity contribution < 1.29 is 0 Å². The molecule has 68 valence electrons. The van der Waals surface area contributed by atoms with E-state index in [4.69, 9.17) is 5.73 Å². The van der Waals surface area contributed by atoms with Crippen LogP contribution in [0.5, 0.6) is 0 Å². The molecule has 13 heavy (non-hydrogen) atoms. The first-order valence-corrected chi connectivity index (χ1v) is 4.86. The van der Waals surface area contributed by atoms with Crippen LogP contribution in [0.2, 0.25) is 0 Å². The molecule has 4 nitrogen and oxygen atoms in total. The van der Waals surface area contributed by atoms with Crippen molar-refractivity contribution in [1.29, 1.82) is 0 Å². The molecule has 0 radical (unpaired) electrons. The van der Waals surface area contributed by atoms with E-state index in [1.807, 2.05) is 18.4 Å². The van der Waals surface area contributed by atoms with Gasteiger partial charge in [0.05, 0.1) is 6.21 Å². The Kier molecular flexibility index (Phi) is 3.98. The minimum Gasteiger partial charge on any atom is -0.377 e. The standard InChI is InChI=1S/C8H10N4S/c1-13-8(9)12-11-6-7-3-2-4-10-5-7/h2-6H,1H3,(H2,9,12). The van der Waals surface area contributed by atoms with Crippen molar-refractivity contribution in [3.05, 3.63) is 30.1 Å². The van der Waals surface area contributed by atoms with Crippen molar-refractivity contribution >= 4 is 23.1 Å². The van der Waals surface area contributed by atoms with Crippen molar-refractivity contribution in [3.8, 4) is 0 Å². The SMILES string of the molecule is CSC(N)=NN=Cc1cccnc1. The molecule has 0 saturated carbocycles. The van der Waals surface area contributed by atoms with E-state index in [2.05, 4.69) is 15.2 Å². The zero-order chi connectivity index (χ0) is 9.52. The van der Waals surface area contributed by atoms with Crippen molar-refractivity contribution in [2.45, 2.75) is 0 Å². The zero-order valence-corrected chi connectivity index (χ0v) is 8.03. The Morgan fingerprint density at radius 2 is 2.54 bits per heavy atom. The summed E-state index contributed by atoms with van der Waals surface area (Å²) in [5.41, 5.74) is 6.32. The van der Waals surface area contributed by atoms with Gasteiger partial charge in [-0.15, -0.1) is 5.10 Å². The second-order valence-electron chi connectivity index (χ2n) is 2.17. The van der Waals surface area contributed by atoms with Crippen LogP contribution in [0, 0.1) is 0 Å². The Hall–Kier alpha value is -1.36. The molecule has 0 bridgehead atoms. The number of nitrogens with two attached hydrogens (primary N) is 1. The molecule has 0 aliphatic carbocycles. The molecular weight excluding hydrogens is 184 g/mol. The van der Waals surface area contributed by atoms with E-state index in [9.17, 15) is 0 Å². The summed E-state index contributed by atoms with van der Waals surface area (Å²) in [5.74, 6) is 0. The molecule has 0 fully saturated rings. The van der Waals surface area contributed by atoms with Crippen LogP contribution in [0.3, 0.4) is 0 Å². The van der Waals surface area contributed by atoms with Crippen LogP contribution in [0.4, 0.5) is 0 Å². The Morgan fingerprint density at radius 1 is 1.69 bits per heavy atom. The second kappa shape index (κ2) is 5.31. The van der Waals surface area contributed by atoms with Crippen LogP contribution in [0.15, 0.2) is 34.7 Å². The lowest BCUT2D eigenvalue weighted by atomic mass is 10.3. The summed E-state index contributed by atoms with van der Waals surface area (Å²) in [6.45, 7) is 0. The van der Waals surface area contributed by atoms with E-state index < -0.39 is 0 Å².